The van der Waals surface area contributed by atoms with Crippen LogP contribution in [0.4, 0.5) is 5.69 Å². The highest BCUT2D eigenvalue weighted by atomic mass is 79.9. The zero-order valence-electron chi connectivity index (χ0n) is 12.7. The second-order valence-electron chi connectivity index (χ2n) is 5.72. The van der Waals surface area contributed by atoms with Crippen LogP contribution in [0.25, 0.3) is 11.0 Å². The van der Waals surface area contributed by atoms with Gasteiger partial charge in [-0.3, -0.25) is 0 Å². The molecule has 0 saturated heterocycles. The van der Waals surface area contributed by atoms with E-state index >= 15 is 0 Å². The third kappa shape index (κ3) is 4.45. The van der Waals surface area contributed by atoms with Gasteiger partial charge in [0.2, 0.25) is 0 Å². The molecule has 0 spiro atoms. The number of aromatic nitrogens is 2. The van der Waals surface area contributed by atoms with E-state index < -0.39 is 0 Å². The van der Waals surface area contributed by atoms with E-state index in [1.165, 1.54) is 37.8 Å². The van der Waals surface area contributed by atoms with E-state index in [0.29, 0.717) is 6.04 Å². The molecule has 5 N–H and O–H groups in total. The molecule has 116 valence electrons. The minimum absolute atomic E-state index is 0.536. The minimum Gasteiger partial charge on any atom is -0.397 e. The molecule has 0 atom stereocenters. The lowest BCUT2D eigenvalue weighted by Crippen LogP contribution is -2.22. The van der Waals surface area contributed by atoms with E-state index in [1.54, 1.807) is 6.20 Å². The van der Waals surface area contributed by atoms with Crippen LogP contribution in [-0.4, -0.2) is 16.0 Å². The first-order valence-electron chi connectivity index (χ1n) is 7.79. The molecule has 0 amide bonds. The molecule has 2 heterocycles. The highest BCUT2D eigenvalue weighted by Crippen LogP contribution is 2.27. The molecule has 3 rings (SSSR count). The summed E-state index contributed by atoms with van der Waals surface area (Å²) in [6, 6.07) is 2.61. The molecule has 4 nitrogen and oxygen atoms in total. The maximum atomic E-state index is 5.92. The summed E-state index contributed by atoms with van der Waals surface area (Å²) < 4.78 is 0.854. The predicted molar refractivity (Wildman–Crippen MR) is 93.3 cm³/mol. The summed E-state index contributed by atoms with van der Waals surface area (Å²) in [6.45, 7) is 2.15. The van der Waals surface area contributed by atoms with Gasteiger partial charge in [0.25, 0.3) is 0 Å². The molecule has 2 aromatic rings. The number of halogens is 1. The number of nitrogens with two attached hydrogens (primary N) is 2. The summed E-state index contributed by atoms with van der Waals surface area (Å²) in [7, 11) is 0. The third-order valence-corrected chi connectivity index (χ3v) is 4.51. The molecular formula is C16H25BrN4. The number of nitrogen functional groups attached to an aromatic ring is 1. The van der Waals surface area contributed by atoms with Crippen molar-refractivity contribution in [2.24, 2.45) is 5.73 Å². The van der Waals surface area contributed by atoms with Crippen LogP contribution in [0.15, 0.2) is 16.7 Å². The van der Waals surface area contributed by atoms with Gasteiger partial charge < -0.3 is 16.5 Å². The van der Waals surface area contributed by atoms with Crippen molar-refractivity contribution in [2.45, 2.75) is 57.9 Å². The zero-order valence-corrected chi connectivity index (χ0v) is 14.2. The van der Waals surface area contributed by atoms with Crippen molar-refractivity contribution in [1.82, 2.24) is 9.97 Å². The van der Waals surface area contributed by atoms with Crippen LogP contribution in [-0.2, 0) is 6.42 Å². The van der Waals surface area contributed by atoms with Gasteiger partial charge in [0.15, 0.2) is 0 Å². The van der Waals surface area contributed by atoms with Crippen molar-refractivity contribution < 1.29 is 0 Å². The van der Waals surface area contributed by atoms with Gasteiger partial charge in [-0.25, -0.2) is 4.98 Å². The number of fused-ring (bicyclic) bond motifs is 1. The molecular weight excluding hydrogens is 328 g/mol. The first kappa shape index (κ1) is 16.3. The molecule has 1 aliphatic rings. The third-order valence-electron chi connectivity index (χ3n) is 3.88. The number of rotatable bonds is 2. The number of nitrogens with zero attached hydrogens (tertiary/aromatic N) is 1. The molecule has 0 bridgehead atoms. The Labute approximate surface area is 134 Å². The Morgan fingerprint density at radius 1 is 1.33 bits per heavy atom. The fraction of sp³-hybridized carbons (Fsp3) is 0.562. The predicted octanol–water partition coefficient (Wildman–Crippen LogP) is 4.14. The first-order chi connectivity index (χ1) is 10.1. The largest absolute Gasteiger partial charge is 0.397 e. The minimum atomic E-state index is 0.536. The summed E-state index contributed by atoms with van der Waals surface area (Å²) in [5.41, 5.74) is 14.4. The van der Waals surface area contributed by atoms with Gasteiger partial charge in [-0.2, -0.15) is 0 Å². The lowest BCUT2D eigenvalue weighted by Gasteiger charge is -2.15. The molecule has 0 radical (unpaired) electrons. The van der Waals surface area contributed by atoms with Crippen molar-refractivity contribution in [1.29, 1.82) is 0 Å². The Morgan fingerprint density at radius 3 is 2.62 bits per heavy atom. The summed E-state index contributed by atoms with van der Waals surface area (Å²) in [6.07, 6.45) is 10.5. The molecule has 2 aromatic heterocycles. The Hall–Kier alpha value is -1.07. The summed E-state index contributed by atoms with van der Waals surface area (Å²) in [4.78, 5) is 7.51. The highest BCUT2D eigenvalue weighted by molar-refractivity contribution is 9.10. The summed E-state index contributed by atoms with van der Waals surface area (Å²) in [5, 5.41) is 1.00. The Morgan fingerprint density at radius 2 is 2.05 bits per heavy atom. The average molecular weight is 353 g/mol. The molecule has 1 fully saturated rings. The monoisotopic (exact) mass is 352 g/mol. The van der Waals surface area contributed by atoms with E-state index in [-0.39, 0.29) is 0 Å². The average Bonchev–Trinajstić information content (AvgIpc) is 2.89. The van der Waals surface area contributed by atoms with E-state index in [9.17, 15) is 0 Å². The van der Waals surface area contributed by atoms with E-state index in [2.05, 4.69) is 38.9 Å². The number of hydrogen-bond donors (Lipinski definition) is 3. The maximum absolute atomic E-state index is 5.92. The van der Waals surface area contributed by atoms with Crippen LogP contribution < -0.4 is 11.5 Å². The van der Waals surface area contributed by atoms with Crippen LogP contribution >= 0.6 is 15.9 Å². The number of aromatic amines is 1. The van der Waals surface area contributed by atoms with Gasteiger partial charge in [-0.1, -0.05) is 32.6 Å². The Balaban J connectivity index is 0.000000194. The normalized spacial score (nSPS) is 15.8. The lowest BCUT2D eigenvalue weighted by atomic mass is 9.97. The summed E-state index contributed by atoms with van der Waals surface area (Å²) >= 11 is 3.36. The van der Waals surface area contributed by atoms with Crippen molar-refractivity contribution >= 4 is 32.7 Å². The number of nitrogens with one attached hydrogen (secondary N) is 1. The molecule has 0 aliphatic heterocycles. The van der Waals surface area contributed by atoms with Gasteiger partial charge >= 0.3 is 0 Å². The number of anilines is 1. The zero-order chi connectivity index (χ0) is 15.2. The molecule has 0 aromatic carbocycles. The fourth-order valence-electron chi connectivity index (χ4n) is 2.66. The SMILES string of the molecule is CCCc1cc2c(N)c(Br)cnc2[nH]1.NC1CCCCC1. The van der Waals surface area contributed by atoms with Crippen molar-refractivity contribution in [3.05, 3.63) is 22.4 Å². The standard InChI is InChI=1S/C10H12BrN3.C6H13N/c1-2-3-6-4-7-9(12)8(11)5-13-10(7)14-6;7-6-4-2-1-3-5-6/h4-5H,2-3H2,1H3,(H3,12,13,14);6H,1-5,7H2. The van der Waals surface area contributed by atoms with Gasteiger partial charge in [-0.05, 0) is 41.3 Å². The van der Waals surface area contributed by atoms with Crippen LogP contribution in [0.3, 0.4) is 0 Å². The molecule has 1 aliphatic carbocycles. The van der Waals surface area contributed by atoms with E-state index in [1.807, 2.05) is 0 Å². The van der Waals surface area contributed by atoms with Crippen LogP contribution in [0.5, 0.6) is 0 Å². The van der Waals surface area contributed by atoms with Crippen molar-refractivity contribution in [2.75, 3.05) is 5.73 Å². The number of aryl methyl sites for hydroxylation is 1. The van der Waals surface area contributed by atoms with Crippen molar-refractivity contribution in [3.63, 3.8) is 0 Å². The number of hydrogen-bond acceptors (Lipinski definition) is 3. The number of pyridine rings is 1. The van der Waals surface area contributed by atoms with Crippen molar-refractivity contribution in [3.8, 4) is 0 Å². The fourth-order valence-corrected chi connectivity index (χ4v) is 2.98. The molecule has 5 heteroatoms. The van der Waals surface area contributed by atoms with Crippen LogP contribution in [0, 0.1) is 0 Å². The Bertz CT molecular complexity index is 573. The van der Waals surface area contributed by atoms with Gasteiger partial charge in [0, 0.05) is 23.3 Å². The topological polar surface area (TPSA) is 80.7 Å². The Kier molecular flexibility index (Phi) is 6.06. The smallest absolute Gasteiger partial charge is 0.139 e. The molecule has 1 saturated carbocycles. The van der Waals surface area contributed by atoms with E-state index in [4.69, 9.17) is 11.5 Å². The quantitative estimate of drug-likeness (QED) is 0.759. The lowest BCUT2D eigenvalue weighted by molar-refractivity contribution is 0.441. The van der Waals surface area contributed by atoms with Gasteiger partial charge in [-0.15, -0.1) is 0 Å². The van der Waals surface area contributed by atoms with Crippen LogP contribution in [0.2, 0.25) is 0 Å². The first-order valence-corrected chi connectivity index (χ1v) is 8.58. The second kappa shape index (κ2) is 7.80. The number of H-pyrrole nitrogens is 1. The second-order valence-corrected chi connectivity index (χ2v) is 6.58. The molecule has 21 heavy (non-hydrogen) atoms. The van der Waals surface area contributed by atoms with E-state index in [0.717, 1.165) is 34.0 Å². The van der Waals surface area contributed by atoms with Crippen LogP contribution in [0.1, 0.15) is 51.1 Å². The maximum Gasteiger partial charge on any atom is 0.139 e. The van der Waals surface area contributed by atoms with Gasteiger partial charge in [0.05, 0.1) is 10.2 Å². The highest BCUT2D eigenvalue weighted by Gasteiger charge is 2.07. The summed E-state index contributed by atoms with van der Waals surface area (Å²) in [5.74, 6) is 0. The van der Waals surface area contributed by atoms with Gasteiger partial charge in [0.1, 0.15) is 5.65 Å². The molecule has 0 unspecified atom stereocenters.